The van der Waals surface area contributed by atoms with Gasteiger partial charge in [0.05, 0.1) is 24.3 Å². The van der Waals surface area contributed by atoms with Crippen molar-refractivity contribution in [2.75, 3.05) is 31.3 Å². The quantitative estimate of drug-likeness (QED) is 0.379. The number of aromatic nitrogens is 3. The molecule has 34 heavy (non-hydrogen) atoms. The van der Waals surface area contributed by atoms with Crippen molar-refractivity contribution < 1.29 is 4.79 Å². The smallest absolute Gasteiger partial charge is 0.237 e. The van der Waals surface area contributed by atoms with Crippen molar-refractivity contribution in [1.29, 1.82) is 5.26 Å². The van der Waals surface area contributed by atoms with E-state index in [1.807, 2.05) is 68.9 Å². The van der Waals surface area contributed by atoms with Crippen molar-refractivity contribution in [3.8, 4) is 11.8 Å². The van der Waals surface area contributed by atoms with Gasteiger partial charge < -0.3 is 4.90 Å². The summed E-state index contributed by atoms with van der Waals surface area (Å²) in [4.78, 5) is 17.0. The Morgan fingerprint density at radius 3 is 2.38 bits per heavy atom. The third kappa shape index (κ3) is 6.17. The number of rotatable bonds is 9. The van der Waals surface area contributed by atoms with E-state index in [0.29, 0.717) is 16.7 Å². The minimum Gasteiger partial charge on any atom is -0.311 e. The van der Waals surface area contributed by atoms with E-state index in [4.69, 9.17) is 16.9 Å². The highest BCUT2D eigenvalue weighted by atomic mass is 35.5. The standard InChI is InChI=1S/C25H29ClN6OS/c1-17-13-18(2)15-22(14-17)31(12-6-11-27)23(33)16-34-25-29-28-24(19(3)30(4)5)32(25)21-9-7-20(26)8-10-21/h7-10,13-15,19H,6,12,16H2,1-5H3. The summed E-state index contributed by atoms with van der Waals surface area (Å²) >= 11 is 7.43. The minimum atomic E-state index is -0.0851. The SMILES string of the molecule is Cc1cc(C)cc(N(CCC#N)C(=O)CSc2nnc(C(C)N(C)C)n2-c2ccc(Cl)cc2)c1. The van der Waals surface area contributed by atoms with Gasteiger partial charge in [-0.3, -0.25) is 14.3 Å². The summed E-state index contributed by atoms with van der Waals surface area (Å²) in [6.45, 7) is 6.39. The van der Waals surface area contributed by atoms with Gasteiger partial charge in [-0.05, 0) is 82.4 Å². The number of halogens is 1. The molecule has 0 bridgehead atoms. The van der Waals surface area contributed by atoms with Gasteiger partial charge in [-0.25, -0.2) is 0 Å². The van der Waals surface area contributed by atoms with Crippen LogP contribution in [0, 0.1) is 25.2 Å². The number of aryl methyl sites for hydroxylation is 2. The Morgan fingerprint density at radius 1 is 1.15 bits per heavy atom. The number of amides is 1. The predicted molar refractivity (Wildman–Crippen MR) is 138 cm³/mol. The second kappa shape index (κ2) is 11.5. The molecule has 7 nitrogen and oxygen atoms in total. The zero-order valence-corrected chi connectivity index (χ0v) is 21.7. The summed E-state index contributed by atoms with van der Waals surface area (Å²) in [5, 5.41) is 19.2. The molecule has 3 aromatic rings. The van der Waals surface area contributed by atoms with Crippen molar-refractivity contribution in [3.05, 3.63) is 64.4 Å². The van der Waals surface area contributed by atoms with Gasteiger partial charge in [0.1, 0.15) is 0 Å². The van der Waals surface area contributed by atoms with Crippen LogP contribution in [0.5, 0.6) is 0 Å². The first-order chi connectivity index (χ1) is 16.2. The molecule has 3 rings (SSSR count). The van der Waals surface area contributed by atoms with Crippen LogP contribution in [0.2, 0.25) is 5.02 Å². The first-order valence-electron chi connectivity index (χ1n) is 11.0. The molecule has 0 fully saturated rings. The first-order valence-corrected chi connectivity index (χ1v) is 12.3. The molecule has 9 heteroatoms. The van der Waals surface area contributed by atoms with Crippen LogP contribution in [0.25, 0.3) is 5.69 Å². The Hall–Kier alpha value is -2.86. The molecule has 178 valence electrons. The molecule has 1 atom stereocenters. The number of thioether (sulfide) groups is 1. The van der Waals surface area contributed by atoms with E-state index in [2.05, 4.69) is 34.2 Å². The van der Waals surface area contributed by atoms with Crippen molar-refractivity contribution in [2.45, 2.75) is 38.4 Å². The Balaban J connectivity index is 1.90. The lowest BCUT2D eigenvalue weighted by Gasteiger charge is -2.23. The molecule has 1 aromatic heterocycles. The van der Waals surface area contributed by atoms with Crippen molar-refractivity contribution in [3.63, 3.8) is 0 Å². The largest absolute Gasteiger partial charge is 0.311 e. The number of carbonyl (C=O) groups excluding carboxylic acids is 1. The van der Waals surface area contributed by atoms with Crippen molar-refractivity contribution in [1.82, 2.24) is 19.7 Å². The van der Waals surface area contributed by atoms with Gasteiger partial charge in [0, 0.05) is 22.9 Å². The summed E-state index contributed by atoms with van der Waals surface area (Å²) in [5.41, 5.74) is 3.83. The van der Waals surface area contributed by atoms with Crippen LogP contribution >= 0.6 is 23.4 Å². The van der Waals surface area contributed by atoms with Crippen LogP contribution in [-0.4, -0.2) is 52.0 Å². The normalized spacial score (nSPS) is 11.9. The topological polar surface area (TPSA) is 78.0 Å². The molecule has 0 saturated heterocycles. The molecule has 1 heterocycles. The van der Waals surface area contributed by atoms with Crippen LogP contribution in [0.4, 0.5) is 5.69 Å². The fourth-order valence-electron chi connectivity index (χ4n) is 3.58. The van der Waals surface area contributed by atoms with E-state index >= 15 is 0 Å². The molecular formula is C25H29ClN6OS. The lowest BCUT2D eigenvalue weighted by Crippen LogP contribution is -2.33. The van der Waals surface area contributed by atoms with Crippen molar-refractivity contribution >= 4 is 35.0 Å². The second-order valence-electron chi connectivity index (χ2n) is 8.38. The van der Waals surface area contributed by atoms with Gasteiger partial charge in [-0.15, -0.1) is 10.2 Å². The molecule has 0 spiro atoms. The number of nitrogens with zero attached hydrogens (tertiary/aromatic N) is 6. The lowest BCUT2D eigenvalue weighted by atomic mass is 10.1. The fourth-order valence-corrected chi connectivity index (χ4v) is 4.54. The van der Waals surface area contributed by atoms with Crippen LogP contribution < -0.4 is 4.90 Å². The zero-order chi connectivity index (χ0) is 24.8. The molecule has 0 radical (unpaired) electrons. The number of hydrogen-bond donors (Lipinski definition) is 0. The number of anilines is 1. The maximum atomic E-state index is 13.3. The number of hydrogen-bond acceptors (Lipinski definition) is 6. The summed E-state index contributed by atoms with van der Waals surface area (Å²) in [6, 6.07) is 15.6. The van der Waals surface area contributed by atoms with Crippen LogP contribution in [0.1, 0.15) is 36.3 Å². The molecule has 0 aliphatic rings. The van der Waals surface area contributed by atoms with Crippen LogP contribution in [-0.2, 0) is 4.79 Å². The third-order valence-corrected chi connectivity index (χ3v) is 6.65. The zero-order valence-electron chi connectivity index (χ0n) is 20.1. The molecule has 1 unspecified atom stereocenters. The first kappa shape index (κ1) is 25.8. The molecule has 0 N–H and O–H groups in total. The Labute approximate surface area is 210 Å². The van der Waals surface area contributed by atoms with E-state index in [0.717, 1.165) is 28.3 Å². The highest BCUT2D eigenvalue weighted by Gasteiger charge is 2.23. The highest BCUT2D eigenvalue weighted by Crippen LogP contribution is 2.28. The van der Waals surface area contributed by atoms with Gasteiger partial charge in [-0.2, -0.15) is 5.26 Å². The Morgan fingerprint density at radius 2 is 1.79 bits per heavy atom. The van der Waals surface area contributed by atoms with E-state index in [9.17, 15) is 4.79 Å². The van der Waals surface area contributed by atoms with Crippen molar-refractivity contribution in [2.24, 2.45) is 0 Å². The number of benzene rings is 2. The predicted octanol–water partition coefficient (Wildman–Crippen LogP) is 5.20. The van der Waals surface area contributed by atoms with Crippen LogP contribution in [0.15, 0.2) is 47.6 Å². The average molecular weight is 497 g/mol. The van der Waals surface area contributed by atoms with E-state index in [1.54, 1.807) is 4.90 Å². The fraction of sp³-hybridized carbons (Fsp3) is 0.360. The monoisotopic (exact) mass is 496 g/mol. The van der Waals surface area contributed by atoms with Gasteiger partial charge >= 0.3 is 0 Å². The maximum Gasteiger partial charge on any atom is 0.237 e. The second-order valence-corrected chi connectivity index (χ2v) is 9.76. The van der Waals surface area contributed by atoms with E-state index < -0.39 is 0 Å². The summed E-state index contributed by atoms with van der Waals surface area (Å²) in [7, 11) is 3.97. The lowest BCUT2D eigenvalue weighted by molar-refractivity contribution is -0.116. The van der Waals surface area contributed by atoms with Gasteiger partial charge in [0.25, 0.3) is 0 Å². The summed E-state index contributed by atoms with van der Waals surface area (Å²) < 4.78 is 1.97. The Kier molecular flexibility index (Phi) is 8.72. The molecule has 1 amide bonds. The van der Waals surface area contributed by atoms with Gasteiger partial charge in [0.15, 0.2) is 11.0 Å². The average Bonchev–Trinajstić information content (AvgIpc) is 3.21. The third-order valence-electron chi connectivity index (χ3n) is 5.48. The summed E-state index contributed by atoms with van der Waals surface area (Å²) in [5.74, 6) is 0.858. The maximum absolute atomic E-state index is 13.3. The van der Waals surface area contributed by atoms with Gasteiger partial charge in [-0.1, -0.05) is 29.4 Å². The number of nitriles is 1. The minimum absolute atomic E-state index is 0.00984. The van der Waals surface area contributed by atoms with Crippen LogP contribution in [0.3, 0.4) is 0 Å². The molecule has 2 aromatic carbocycles. The Bertz CT molecular complexity index is 1160. The molecule has 0 aliphatic heterocycles. The molecule has 0 saturated carbocycles. The van der Waals surface area contributed by atoms with E-state index in [-0.39, 0.29) is 24.1 Å². The number of carbonyl (C=O) groups is 1. The molecule has 0 aliphatic carbocycles. The van der Waals surface area contributed by atoms with E-state index in [1.165, 1.54) is 11.8 Å². The molecular weight excluding hydrogens is 468 g/mol. The summed E-state index contributed by atoms with van der Waals surface area (Å²) in [6.07, 6.45) is 0.259. The highest BCUT2D eigenvalue weighted by molar-refractivity contribution is 7.99. The van der Waals surface area contributed by atoms with Gasteiger partial charge in [0.2, 0.25) is 5.91 Å².